The lowest BCUT2D eigenvalue weighted by atomic mass is 10.0. The molecule has 0 aliphatic rings. The first-order chi connectivity index (χ1) is 38.5. The molecule has 0 bridgehead atoms. The van der Waals surface area contributed by atoms with Crippen LogP contribution in [0.3, 0.4) is 0 Å². The van der Waals surface area contributed by atoms with Crippen LogP contribution in [-0.2, 0) is 28.6 Å². The fourth-order valence-corrected chi connectivity index (χ4v) is 10.3. The SMILES string of the molecule is CCCC/C=C\C/C=C\CCCCCCCC(=O)OCC(COC(=O)CCCCCCCCCCCCCCCCCCCCC/C=C\C/C=C\CCCCCCC)OC(=O)CCCCCCCCCCCCCCCCC. The van der Waals surface area contributed by atoms with Gasteiger partial charge in [-0.3, -0.25) is 14.4 Å². The van der Waals surface area contributed by atoms with Gasteiger partial charge in [0, 0.05) is 19.3 Å². The minimum absolute atomic E-state index is 0.0723. The Labute approximate surface area is 486 Å². The van der Waals surface area contributed by atoms with Crippen LogP contribution in [0.15, 0.2) is 48.6 Å². The number of ether oxygens (including phenoxy) is 3. The van der Waals surface area contributed by atoms with Crippen molar-refractivity contribution in [3.63, 3.8) is 0 Å². The van der Waals surface area contributed by atoms with Gasteiger partial charge in [0.2, 0.25) is 0 Å². The highest BCUT2D eigenvalue weighted by molar-refractivity contribution is 5.71. The Balaban J connectivity index is 4.14. The molecule has 6 nitrogen and oxygen atoms in total. The maximum atomic E-state index is 12.9. The minimum atomic E-state index is -0.776. The monoisotopic (exact) mass is 1090 g/mol. The van der Waals surface area contributed by atoms with Crippen molar-refractivity contribution in [1.29, 1.82) is 0 Å². The summed E-state index contributed by atoms with van der Waals surface area (Å²) >= 11 is 0. The predicted octanol–water partition coefficient (Wildman–Crippen LogP) is 23.7. The van der Waals surface area contributed by atoms with Crippen LogP contribution in [0, 0.1) is 0 Å². The van der Waals surface area contributed by atoms with Crippen molar-refractivity contribution >= 4 is 17.9 Å². The van der Waals surface area contributed by atoms with Crippen LogP contribution in [0.1, 0.15) is 374 Å². The number of unbranched alkanes of at least 4 members (excludes halogenated alkanes) is 45. The molecule has 0 aromatic rings. The molecule has 0 fully saturated rings. The molecule has 0 rings (SSSR count). The molecule has 456 valence electrons. The molecule has 0 aromatic carbocycles. The van der Waals surface area contributed by atoms with E-state index in [1.54, 1.807) is 0 Å². The fraction of sp³-hybridized carbons (Fsp3) is 0.847. The van der Waals surface area contributed by atoms with Gasteiger partial charge in [-0.1, -0.05) is 326 Å². The van der Waals surface area contributed by atoms with Crippen LogP contribution < -0.4 is 0 Å². The van der Waals surface area contributed by atoms with Crippen LogP contribution in [-0.4, -0.2) is 37.2 Å². The van der Waals surface area contributed by atoms with Crippen LogP contribution in [0.25, 0.3) is 0 Å². The Morgan fingerprint density at radius 3 is 0.744 bits per heavy atom. The first-order valence-corrected chi connectivity index (χ1v) is 34.6. The normalized spacial score (nSPS) is 12.3. The summed E-state index contributed by atoms with van der Waals surface area (Å²) in [5, 5.41) is 0. The Bertz CT molecular complexity index is 1350. The Hall–Kier alpha value is -2.63. The zero-order chi connectivity index (χ0) is 56.4. The highest BCUT2D eigenvalue weighted by Crippen LogP contribution is 2.18. The predicted molar refractivity (Wildman–Crippen MR) is 339 cm³/mol. The second kappa shape index (κ2) is 66.9. The van der Waals surface area contributed by atoms with Gasteiger partial charge in [0.25, 0.3) is 0 Å². The molecular formula is C72H132O6. The number of carbonyl (C=O) groups excluding carboxylic acids is 3. The molecule has 0 saturated carbocycles. The number of hydrogen-bond acceptors (Lipinski definition) is 6. The molecular weight excluding hydrogens is 961 g/mol. The van der Waals surface area contributed by atoms with Gasteiger partial charge in [-0.2, -0.15) is 0 Å². The van der Waals surface area contributed by atoms with Gasteiger partial charge < -0.3 is 14.2 Å². The third-order valence-corrected chi connectivity index (χ3v) is 15.6. The van der Waals surface area contributed by atoms with Crippen molar-refractivity contribution in [2.75, 3.05) is 13.2 Å². The second-order valence-corrected chi connectivity index (χ2v) is 23.4. The quantitative estimate of drug-likeness (QED) is 0.0261. The van der Waals surface area contributed by atoms with Gasteiger partial charge in [0.1, 0.15) is 13.2 Å². The third-order valence-electron chi connectivity index (χ3n) is 15.6. The average molecular weight is 1090 g/mol. The Morgan fingerprint density at radius 1 is 0.256 bits per heavy atom. The lowest BCUT2D eigenvalue weighted by Crippen LogP contribution is -2.30. The molecule has 78 heavy (non-hydrogen) atoms. The van der Waals surface area contributed by atoms with Gasteiger partial charge in [-0.25, -0.2) is 0 Å². The Kier molecular flexibility index (Phi) is 64.6. The van der Waals surface area contributed by atoms with E-state index in [0.29, 0.717) is 19.3 Å². The van der Waals surface area contributed by atoms with E-state index in [0.717, 1.165) is 83.5 Å². The van der Waals surface area contributed by atoms with E-state index in [4.69, 9.17) is 14.2 Å². The first kappa shape index (κ1) is 75.4. The Morgan fingerprint density at radius 2 is 0.474 bits per heavy atom. The van der Waals surface area contributed by atoms with E-state index in [1.807, 2.05) is 0 Å². The van der Waals surface area contributed by atoms with Crippen molar-refractivity contribution in [3.05, 3.63) is 48.6 Å². The second-order valence-electron chi connectivity index (χ2n) is 23.4. The number of carbonyl (C=O) groups is 3. The molecule has 0 spiro atoms. The van der Waals surface area contributed by atoms with E-state index in [1.165, 1.54) is 250 Å². The van der Waals surface area contributed by atoms with Gasteiger partial charge in [0.15, 0.2) is 6.10 Å². The summed E-state index contributed by atoms with van der Waals surface area (Å²) in [7, 11) is 0. The van der Waals surface area contributed by atoms with Gasteiger partial charge in [-0.15, -0.1) is 0 Å². The van der Waals surface area contributed by atoms with E-state index >= 15 is 0 Å². The summed E-state index contributed by atoms with van der Waals surface area (Å²) in [6.45, 7) is 6.64. The number of rotatable bonds is 64. The molecule has 0 aliphatic carbocycles. The summed E-state index contributed by atoms with van der Waals surface area (Å²) in [5.41, 5.74) is 0. The van der Waals surface area contributed by atoms with Crippen molar-refractivity contribution in [2.24, 2.45) is 0 Å². The molecule has 1 unspecified atom stereocenters. The van der Waals surface area contributed by atoms with E-state index in [-0.39, 0.29) is 31.1 Å². The maximum Gasteiger partial charge on any atom is 0.306 e. The standard InChI is InChI=1S/C72H132O6/c1-4-7-10-13-16-19-22-25-28-29-30-31-32-33-34-35-36-37-38-39-40-41-42-43-45-47-50-53-56-59-62-65-71(74)77-68-69(67-76-70(73)64-61-58-55-52-49-46-27-24-21-18-15-12-9-6-3)78-72(75)66-63-60-57-54-51-48-44-26-23-20-17-14-11-8-5-2/h15,18,22,24-25,27,29-30,69H,4-14,16-17,19-21,23,26,28,31-68H2,1-3H3/b18-15-,25-22-,27-24-,30-29-. The molecule has 0 saturated heterocycles. The van der Waals surface area contributed by atoms with E-state index < -0.39 is 6.10 Å². The zero-order valence-corrected chi connectivity index (χ0v) is 52.5. The summed E-state index contributed by atoms with van der Waals surface area (Å²) in [6, 6.07) is 0. The number of allylic oxidation sites excluding steroid dienone is 8. The summed E-state index contributed by atoms with van der Waals surface area (Å²) in [5.74, 6) is -0.862. The van der Waals surface area contributed by atoms with Crippen LogP contribution in [0.4, 0.5) is 0 Å². The molecule has 1 atom stereocenters. The molecule has 0 amide bonds. The molecule has 0 radical (unpaired) electrons. The van der Waals surface area contributed by atoms with Crippen molar-refractivity contribution in [1.82, 2.24) is 0 Å². The lowest BCUT2D eigenvalue weighted by molar-refractivity contribution is -0.167. The topological polar surface area (TPSA) is 78.9 Å². The van der Waals surface area contributed by atoms with Gasteiger partial charge in [0.05, 0.1) is 0 Å². The molecule has 0 aliphatic heterocycles. The first-order valence-electron chi connectivity index (χ1n) is 34.6. The van der Waals surface area contributed by atoms with Crippen molar-refractivity contribution in [3.8, 4) is 0 Å². The molecule has 0 heterocycles. The third kappa shape index (κ3) is 64.2. The smallest absolute Gasteiger partial charge is 0.306 e. The molecule has 6 heteroatoms. The largest absolute Gasteiger partial charge is 0.462 e. The molecule has 0 N–H and O–H groups in total. The number of hydrogen-bond donors (Lipinski definition) is 0. The highest BCUT2D eigenvalue weighted by atomic mass is 16.6. The lowest BCUT2D eigenvalue weighted by Gasteiger charge is -2.18. The van der Waals surface area contributed by atoms with Gasteiger partial charge >= 0.3 is 17.9 Å². The summed E-state index contributed by atoms with van der Waals surface area (Å²) in [4.78, 5) is 38.3. The van der Waals surface area contributed by atoms with E-state index in [9.17, 15) is 14.4 Å². The summed E-state index contributed by atoms with van der Waals surface area (Å²) < 4.78 is 16.9. The van der Waals surface area contributed by atoms with Crippen molar-refractivity contribution < 1.29 is 28.6 Å². The number of esters is 3. The van der Waals surface area contributed by atoms with Crippen LogP contribution in [0.2, 0.25) is 0 Å². The maximum absolute atomic E-state index is 12.9. The van der Waals surface area contributed by atoms with E-state index in [2.05, 4.69) is 69.4 Å². The van der Waals surface area contributed by atoms with Crippen LogP contribution in [0.5, 0.6) is 0 Å². The average Bonchev–Trinajstić information content (AvgIpc) is 3.44. The molecule has 0 aromatic heterocycles. The minimum Gasteiger partial charge on any atom is -0.462 e. The van der Waals surface area contributed by atoms with Crippen LogP contribution >= 0.6 is 0 Å². The summed E-state index contributed by atoms with van der Waals surface area (Å²) in [6.07, 6.45) is 84.3. The fourth-order valence-electron chi connectivity index (χ4n) is 10.3. The zero-order valence-electron chi connectivity index (χ0n) is 52.5. The highest BCUT2D eigenvalue weighted by Gasteiger charge is 2.19. The van der Waals surface area contributed by atoms with Crippen molar-refractivity contribution in [2.45, 2.75) is 380 Å². The van der Waals surface area contributed by atoms with Gasteiger partial charge in [-0.05, 0) is 77.0 Å².